The number of rotatable bonds is 4. The van der Waals surface area contributed by atoms with Crippen molar-refractivity contribution in [2.45, 2.75) is 13.3 Å². The summed E-state index contributed by atoms with van der Waals surface area (Å²) in [5, 5.41) is 5.46. The molecule has 4 rings (SSSR count). The second-order valence-electron chi connectivity index (χ2n) is 5.57. The van der Waals surface area contributed by atoms with Gasteiger partial charge < -0.3 is 10.3 Å². The highest BCUT2D eigenvalue weighted by molar-refractivity contribution is 7.10. The van der Waals surface area contributed by atoms with E-state index in [1.165, 1.54) is 11.5 Å². The summed E-state index contributed by atoms with van der Waals surface area (Å²) in [4.78, 5) is 12.4. The fourth-order valence-corrected chi connectivity index (χ4v) is 3.76. The number of aromatic nitrogens is 4. The van der Waals surface area contributed by atoms with E-state index in [1.54, 1.807) is 6.20 Å². The van der Waals surface area contributed by atoms with Crippen LogP contribution in [0.2, 0.25) is 10.0 Å². The Morgan fingerprint density at radius 3 is 2.72 bits per heavy atom. The third kappa shape index (κ3) is 3.33. The molecule has 5 nitrogen and oxygen atoms in total. The highest BCUT2D eigenvalue weighted by Gasteiger charge is 2.13. The van der Waals surface area contributed by atoms with Gasteiger partial charge in [-0.25, -0.2) is 9.97 Å². The average molecular weight is 390 g/mol. The number of benzene rings is 1. The number of aromatic amines is 1. The lowest BCUT2D eigenvalue weighted by Gasteiger charge is -2.04. The predicted molar refractivity (Wildman–Crippen MR) is 103 cm³/mol. The molecule has 2 N–H and O–H groups in total. The summed E-state index contributed by atoms with van der Waals surface area (Å²) in [6.45, 7) is 1.95. The Kier molecular flexibility index (Phi) is 4.33. The molecule has 0 aliphatic carbocycles. The fraction of sp³-hybridized carbons (Fsp3) is 0.118. The highest BCUT2D eigenvalue weighted by Crippen LogP contribution is 2.29. The number of anilines is 2. The van der Waals surface area contributed by atoms with Gasteiger partial charge in [-0.15, -0.1) is 0 Å². The number of hydrogen-bond donors (Lipinski definition) is 2. The maximum absolute atomic E-state index is 6.26. The van der Waals surface area contributed by atoms with Gasteiger partial charge in [0.05, 0.1) is 11.2 Å². The molecule has 3 heterocycles. The molecule has 0 fully saturated rings. The number of hydrogen-bond acceptors (Lipinski definition) is 5. The van der Waals surface area contributed by atoms with E-state index in [4.69, 9.17) is 23.2 Å². The zero-order chi connectivity index (χ0) is 17.4. The normalized spacial score (nSPS) is 11.2. The van der Waals surface area contributed by atoms with Crippen LogP contribution in [-0.2, 0) is 6.42 Å². The van der Waals surface area contributed by atoms with E-state index < -0.39 is 0 Å². The van der Waals surface area contributed by atoms with Gasteiger partial charge in [-0.2, -0.15) is 4.37 Å². The Balaban J connectivity index is 1.69. The lowest BCUT2D eigenvalue weighted by molar-refractivity contribution is 1.04. The summed E-state index contributed by atoms with van der Waals surface area (Å²) in [7, 11) is 0. The Labute approximate surface area is 158 Å². The van der Waals surface area contributed by atoms with Crippen molar-refractivity contribution < 1.29 is 0 Å². The second-order valence-corrected chi connectivity index (χ2v) is 7.19. The van der Waals surface area contributed by atoms with Crippen molar-refractivity contribution in [3.63, 3.8) is 0 Å². The Morgan fingerprint density at radius 2 is 2.00 bits per heavy atom. The van der Waals surface area contributed by atoms with Crippen LogP contribution in [0.1, 0.15) is 17.1 Å². The summed E-state index contributed by atoms with van der Waals surface area (Å²) in [5.41, 5.74) is 3.49. The SMILES string of the molecule is Cc1cc(Nc2nccc3[nH]c(Cc4c(Cl)cccc4Cl)nc23)sn1. The molecule has 0 saturated carbocycles. The molecule has 0 amide bonds. The lowest BCUT2D eigenvalue weighted by atomic mass is 10.1. The van der Waals surface area contributed by atoms with Crippen LogP contribution in [0.4, 0.5) is 10.8 Å². The van der Waals surface area contributed by atoms with Gasteiger partial charge in [-0.05, 0) is 48.3 Å². The molecule has 3 aromatic heterocycles. The molecule has 0 unspecified atom stereocenters. The van der Waals surface area contributed by atoms with Gasteiger partial charge >= 0.3 is 0 Å². The van der Waals surface area contributed by atoms with E-state index in [-0.39, 0.29) is 0 Å². The predicted octanol–water partition coefficient (Wildman–Crippen LogP) is 5.36. The molecule has 0 aliphatic rings. The van der Waals surface area contributed by atoms with Gasteiger partial charge in [0.25, 0.3) is 0 Å². The smallest absolute Gasteiger partial charge is 0.159 e. The van der Waals surface area contributed by atoms with Crippen molar-refractivity contribution in [3.05, 3.63) is 63.7 Å². The summed E-state index contributed by atoms with van der Waals surface area (Å²) < 4.78 is 4.27. The van der Waals surface area contributed by atoms with E-state index in [0.29, 0.717) is 22.3 Å². The average Bonchev–Trinajstić information content (AvgIpc) is 3.17. The second kappa shape index (κ2) is 6.63. The van der Waals surface area contributed by atoms with Crippen molar-refractivity contribution in [1.82, 2.24) is 19.3 Å². The molecule has 0 radical (unpaired) electrons. The Morgan fingerprint density at radius 1 is 1.20 bits per heavy atom. The molecule has 0 aliphatic heterocycles. The fourth-order valence-electron chi connectivity index (χ4n) is 2.57. The number of halogens is 2. The van der Waals surface area contributed by atoms with Gasteiger partial charge in [0.2, 0.25) is 0 Å². The zero-order valence-corrected chi connectivity index (χ0v) is 15.5. The van der Waals surface area contributed by atoms with Crippen LogP contribution in [0.5, 0.6) is 0 Å². The number of pyridine rings is 1. The van der Waals surface area contributed by atoms with E-state index in [1.807, 2.05) is 37.3 Å². The van der Waals surface area contributed by atoms with Crippen LogP contribution in [0.25, 0.3) is 11.0 Å². The zero-order valence-electron chi connectivity index (χ0n) is 13.2. The summed E-state index contributed by atoms with van der Waals surface area (Å²) in [6.07, 6.45) is 2.26. The molecular weight excluding hydrogens is 377 g/mol. The molecular formula is C17H13Cl2N5S. The largest absolute Gasteiger partial charge is 0.342 e. The summed E-state index contributed by atoms with van der Waals surface area (Å²) >= 11 is 13.9. The maximum Gasteiger partial charge on any atom is 0.159 e. The molecule has 1 aromatic carbocycles. The minimum Gasteiger partial charge on any atom is -0.342 e. The van der Waals surface area contributed by atoms with Crippen molar-refractivity contribution >= 4 is 56.6 Å². The maximum atomic E-state index is 6.26. The van der Waals surface area contributed by atoms with Crippen molar-refractivity contribution in [1.29, 1.82) is 0 Å². The molecule has 8 heteroatoms. The van der Waals surface area contributed by atoms with Gasteiger partial charge in [0.1, 0.15) is 16.3 Å². The number of aryl methyl sites for hydroxylation is 1. The molecule has 126 valence electrons. The lowest BCUT2D eigenvalue weighted by Crippen LogP contribution is -1.94. The monoisotopic (exact) mass is 389 g/mol. The van der Waals surface area contributed by atoms with Crippen LogP contribution in [0.3, 0.4) is 0 Å². The molecule has 4 aromatic rings. The minimum absolute atomic E-state index is 0.520. The van der Waals surface area contributed by atoms with Crippen molar-refractivity contribution in [2.24, 2.45) is 0 Å². The molecule has 25 heavy (non-hydrogen) atoms. The Hall–Kier alpha value is -2.15. The number of H-pyrrole nitrogens is 1. The van der Waals surface area contributed by atoms with Gasteiger partial charge in [-0.1, -0.05) is 29.3 Å². The van der Waals surface area contributed by atoms with Gasteiger partial charge in [0, 0.05) is 22.7 Å². The van der Waals surface area contributed by atoms with E-state index >= 15 is 0 Å². The van der Waals surface area contributed by atoms with E-state index in [0.717, 1.165) is 33.1 Å². The molecule has 0 bridgehead atoms. The number of imidazole rings is 1. The topological polar surface area (TPSA) is 66.5 Å². The van der Waals surface area contributed by atoms with Crippen molar-refractivity contribution in [3.8, 4) is 0 Å². The van der Waals surface area contributed by atoms with E-state index in [9.17, 15) is 0 Å². The van der Waals surface area contributed by atoms with E-state index in [2.05, 4.69) is 24.6 Å². The van der Waals surface area contributed by atoms with Gasteiger partial charge in [-0.3, -0.25) is 0 Å². The van der Waals surface area contributed by atoms with Crippen molar-refractivity contribution in [2.75, 3.05) is 5.32 Å². The summed E-state index contributed by atoms with van der Waals surface area (Å²) in [5.74, 6) is 1.47. The number of nitrogens with zero attached hydrogens (tertiary/aromatic N) is 3. The van der Waals surface area contributed by atoms with Crippen LogP contribution < -0.4 is 5.32 Å². The standard InChI is InChI=1S/C17H13Cl2N5S/c1-9-7-15(25-24-9)23-17-16-13(5-6-20-17)21-14(22-16)8-10-11(18)3-2-4-12(10)19/h2-7H,8H2,1H3,(H,20,23)(H,21,22). The third-order valence-corrected chi connectivity index (χ3v) is 5.23. The van der Waals surface area contributed by atoms with Crippen LogP contribution in [-0.4, -0.2) is 19.3 Å². The third-order valence-electron chi connectivity index (χ3n) is 3.73. The highest BCUT2D eigenvalue weighted by atomic mass is 35.5. The van der Waals surface area contributed by atoms with Crippen LogP contribution in [0, 0.1) is 6.92 Å². The van der Waals surface area contributed by atoms with Crippen LogP contribution in [0.15, 0.2) is 36.5 Å². The first kappa shape index (κ1) is 16.3. The van der Waals surface area contributed by atoms with Gasteiger partial charge in [0.15, 0.2) is 5.82 Å². The minimum atomic E-state index is 0.520. The number of fused-ring (bicyclic) bond motifs is 1. The van der Waals surface area contributed by atoms with Crippen LogP contribution >= 0.6 is 34.7 Å². The Bertz CT molecular complexity index is 1040. The first-order chi connectivity index (χ1) is 12.1. The molecule has 0 saturated heterocycles. The molecule has 0 atom stereocenters. The summed E-state index contributed by atoms with van der Waals surface area (Å²) in [6, 6.07) is 9.35. The molecule has 0 spiro atoms. The number of nitrogens with one attached hydrogen (secondary N) is 2. The quantitative estimate of drug-likeness (QED) is 0.492. The first-order valence-electron chi connectivity index (χ1n) is 7.57. The first-order valence-corrected chi connectivity index (χ1v) is 9.10.